The first-order chi connectivity index (χ1) is 13.7. The van der Waals surface area contributed by atoms with Crippen molar-refractivity contribution in [2.45, 2.75) is 38.4 Å². The summed E-state index contributed by atoms with van der Waals surface area (Å²) >= 11 is 0. The van der Waals surface area contributed by atoms with Crippen molar-refractivity contribution < 1.29 is 38.8 Å². The molecule has 8 heteroatoms. The van der Waals surface area contributed by atoms with Crippen LogP contribution < -0.4 is 4.74 Å². The molecule has 0 unspecified atom stereocenters. The van der Waals surface area contributed by atoms with Gasteiger partial charge >= 0.3 is 11.9 Å². The zero-order chi connectivity index (χ0) is 21.3. The molecule has 0 spiro atoms. The molecule has 0 aromatic heterocycles. The van der Waals surface area contributed by atoms with E-state index in [4.69, 9.17) is 14.2 Å². The fourth-order valence-electron chi connectivity index (χ4n) is 3.74. The average Bonchev–Trinajstić information content (AvgIpc) is 2.66. The third-order valence-corrected chi connectivity index (χ3v) is 5.23. The first kappa shape index (κ1) is 20.9. The molecule has 0 fully saturated rings. The maximum Gasteiger partial charge on any atom is 0.343 e. The fourth-order valence-corrected chi connectivity index (χ4v) is 3.74. The Morgan fingerprint density at radius 2 is 2.00 bits per heavy atom. The lowest BCUT2D eigenvalue weighted by atomic mass is 9.67. The molecule has 1 aliphatic heterocycles. The van der Waals surface area contributed by atoms with E-state index in [1.165, 1.54) is 6.07 Å². The summed E-state index contributed by atoms with van der Waals surface area (Å²) in [6.45, 7) is 3.91. The lowest BCUT2D eigenvalue weighted by Gasteiger charge is -2.44. The van der Waals surface area contributed by atoms with Crippen molar-refractivity contribution in [3.8, 4) is 5.75 Å². The standard InChI is InChI=1S/C21H24O8/c1-11(2)8-9-28-19(24)16-13(22)10-15-17(21(16,26)20(25)27-3)18(23)12-6-4-5-7-14(12)29-15/h4-7,11,15,17,22,26H,8-10H2,1-3H3/t15-,17-,21-/m0/s1. The molecule has 0 bridgehead atoms. The van der Waals surface area contributed by atoms with Gasteiger partial charge in [0.15, 0.2) is 5.78 Å². The molecule has 0 saturated heterocycles. The van der Waals surface area contributed by atoms with Gasteiger partial charge in [0.25, 0.3) is 0 Å². The minimum Gasteiger partial charge on any atom is -0.511 e. The Labute approximate surface area is 168 Å². The van der Waals surface area contributed by atoms with Crippen molar-refractivity contribution in [3.63, 3.8) is 0 Å². The van der Waals surface area contributed by atoms with E-state index in [2.05, 4.69) is 0 Å². The van der Waals surface area contributed by atoms with Crippen LogP contribution in [0.2, 0.25) is 0 Å². The van der Waals surface area contributed by atoms with Crippen molar-refractivity contribution in [2.75, 3.05) is 13.7 Å². The number of rotatable bonds is 5. The second kappa shape index (κ2) is 7.87. The Kier molecular flexibility index (Phi) is 5.66. The van der Waals surface area contributed by atoms with E-state index in [-0.39, 0.29) is 30.3 Å². The minimum atomic E-state index is -2.73. The van der Waals surface area contributed by atoms with Crippen LogP contribution in [0.15, 0.2) is 35.6 Å². The number of ketones is 1. The highest BCUT2D eigenvalue weighted by atomic mass is 16.6. The number of hydrogen-bond donors (Lipinski definition) is 2. The molecule has 3 rings (SSSR count). The number of ether oxygens (including phenoxy) is 3. The van der Waals surface area contributed by atoms with Gasteiger partial charge in [0.2, 0.25) is 5.60 Å². The number of para-hydroxylation sites is 1. The van der Waals surface area contributed by atoms with Gasteiger partial charge in [-0.25, -0.2) is 9.59 Å². The predicted octanol–water partition coefficient (Wildman–Crippen LogP) is 1.96. The Bertz CT molecular complexity index is 871. The van der Waals surface area contributed by atoms with Crippen LogP contribution in [0, 0.1) is 11.8 Å². The van der Waals surface area contributed by atoms with Crippen LogP contribution in [0.3, 0.4) is 0 Å². The van der Waals surface area contributed by atoms with Gasteiger partial charge in [-0.3, -0.25) is 4.79 Å². The van der Waals surface area contributed by atoms with Crippen LogP contribution in [0.25, 0.3) is 0 Å². The number of benzene rings is 1. The number of methoxy groups -OCH3 is 1. The number of carbonyl (C=O) groups excluding carboxylic acids is 3. The number of Topliss-reactive ketones (excluding diaryl/α,β-unsaturated/α-hetero) is 1. The van der Waals surface area contributed by atoms with Crippen molar-refractivity contribution >= 4 is 17.7 Å². The Morgan fingerprint density at radius 1 is 1.31 bits per heavy atom. The first-order valence-corrected chi connectivity index (χ1v) is 9.42. The van der Waals surface area contributed by atoms with E-state index in [1.54, 1.807) is 18.2 Å². The molecular formula is C21H24O8. The predicted molar refractivity (Wildman–Crippen MR) is 100 cm³/mol. The fraction of sp³-hybridized carbons (Fsp3) is 0.476. The molecule has 156 valence electrons. The minimum absolute atomic E-state index is 0.0336. The number of hydrogen-bond acceptors (Lipinski definition) is 8. The smallest absolute Gasteiger partial charge is 0.343 e. The number of carbonyl (C=O) groups is 3. The Morgan fingerprint density at radius 3 is 2.66 bits per heavy atom. The molecule has 0 radical (unpaired) electrons. The van der Waals surface area contributed by atoms with Crippen molar-refractivity contribution in [2.24, 2.45) is 11.8 Å². The van der Waals surface area contributed by atoms with Gasteiger partial charge in [-0.15, -0.1) is 0 Å². The van der Waals surface area contributed by atoms with Crippen LogP contribution >= 0.6 is 0 Å². The maximum absolute atomic E-state index is 13.2. The van der Waals surface area contributed by atoms with Gasteiger partial charge < -0.3 is 24.4 Å². The second-order valence-electron chi connectivity index (χ2n) is 7.60. The largest absolute Gasteiger partial charge is 0.511 e. The van der Waals surface area contributed by atoms with Crippen LogP contribution in [0.1, 0.15) is 37.0 Å². The summed E-state index contributed by atoms with van der Waals surface area (Å²) in [7, 11) is 1.02. The molecule has 0 amide bonds. The lowest BCUT2D eigenvalue weighted by molar-refractivity contribution is -0.171. The van der Waals surface area contributed by atoms with E-state index >= 15 is 0 Å². The highest BCUT2D eigenvalue weighted by Gasteiger charge is 2.63. The van der Waals surface area contributed by atoms with Crippen LogP contribution in [0.5, 0.6) is 5.75 Å². The average molecular weight is 404 g/mol. The van der Waals surface area contributed by atoms with E-state index in [1.807, 2.05) is 13.8 Å². The van der Waals surface area contributed by atoms with Gasteiger partial charge in [-0.2, -0.15) is 0 Å². The molecule has 1 aromatic rings. The van der Waals surface area contributed by atoms with Gasteiger partial charge in [0.05, 0.1) is 19.3 Å². The number of esters is 2. The molecule has 1 heterocycles. The molecule has 8 nitrogen and oxygen atoms in total. The summed E-state index contributed by atoms with van der Waals surface area (Å²) < 4.78 is 15.6. The highest BCUT2D eigenvalue weighted by Crippen LogP contribution is 2.46. The van der Waals surface area contributed by atoms with Crippen molar-refractivity contribution in [3.05, 3.63) is 41.2 Å². The topological polar surface area (TPSA) is 119 Å². The monoisotopic (exact) mass is 404 g/mol. The number of aliphatic hydroxyl groups is 2. The summed E-state index contributed by atoms with van der Waals surface area (Å²) in [5.41, 5.74) is -3.24. The van der Waals surface area contributed by atoms with E-state index in [0.29, 0.717) is 6.42 Å². The quantitative estimate of drug-likeness (QED) is 0.715. The van der Waals surface area contributed by atoms with Gasteiger partial charge in [-0.1, -0.05) is 26.0 Å². The molecule has 0 saturated carbocycles. The summed E-state index contributed by atoms with van der Waals surface area (Å²) in [4.78, 5) is 38.5. The lowest BCUT2D eigenvalue weighted by Crippen LogP contribution is -2.62. The Balaban J connectivity index is 2.05. The molecule has 1 aliphatic carbocycles. The molecule has 3 atom stereocenters. The van der Waals surface area contributed by atoms with Crippen LogP contribution in [0.4, 0.5) is 0 Å². The Hall–Kier alpha value is -2.87. The molecule has 2 N–H and O–H groups in total. The summed E-state index contributed by atoms with van der Waals surface area (Å²) in [6.07, 6.45) is -0.731. The van der Waals surface area contributed by atoms with E-state index < -0.39 is 46.7 Å². The molecular weight excluding hydrogens is 380 g/mol. The maximum atomic E-state index is 13.2. The summed E-state index contributed by atoms with van der Waals surface area (Å²) in [5, 5.41) is 21.9. The normalized spacial score (nSPS) is 25.8. The van der Waals surface area contributed by atoms with Gasteiger partial charge in [0.1, 0.15) is 29.1 Å². The highest BCUT2D eigenvalue weighted by molar-refractivity contribution is 6.10. The summed E-state index contributed by atoms with van der Waals surface area (Å²) in [5.74, 6) is -4.39. The van der Waals surface area contributed by atoms with E-state index in [9.17, 15) is 24.6 Å². The van der Waals surface area contributed by atoms with Gasteiger partial charge in [-0.05, 0) is 24.5 Å². The van der Waals surface area contributed by atoms with E-state index in [0.717, 1.165) is 7.11 Å². The zero-order valence-electron chi connectivity index (χ0n) is 16.5. The van der Waals surface area contributed by atoms with Gasteiger partial charge in [0, 0.05) is 6.42 Å². The first-order valence-electron chi connectivity index (χ1n) is 9.42. The summed E-state index contributed by atoms with van der Waals surface area (Å²) in [6, 6.07) is 6.38. The van der Waals surface area contributed by atoms with Crippen LogP contribution in [-0.4, -0.2) is 53.4 Å². The second-order valence-corrected chi connectivity index (χ2v) is 7.60. The molecule has 2 aliphatic rings. The molecule has 29 heavy (non-hydrogen) atoms. The third-order valence-electron chi connectivity index (χ3n) is 5.23. The number of fused-ring (bicyclic) bond motifs is 2. The van der Waals surface area contributed by atoms with Crippen LogP contribution in [-0.2, 0) is 19.1 Å². The number of aliphatic hydroxyl groups excluding tert-OH is 1. The zero-order valence-corrected chi connectivity index (χ0v) is 16.5. The SMILES string of the molecule is COC(=O)[C@]1(O)C(C(=O)OCCC(C)C)=C(O)C[C@@H]2Oc3ccccc3C(=O)[C@H]21. The third kappa shape index (κ3) is 3.48. The molecule has 1 aromatic carbocycles. The van der Waals surface area contributed by atoms with Crippen molar-refractivity contribution in [1.82, 2.24) is 0 Å². The van der Waals surface area contributed by atoms with Crippen molar-refractivity contribution in [1.29, 1.82) is 0 Å².